The number of hydrogen-bond acceptors (Lipinski definition) is 12. The van der Waals surface area contributed by atoms with Crippen LogP contribution in [0.2, 0.25) is 5.02 Å². The molecule has 2 unspecified atom stereocenters. The molecule has 3 saturated heterocycles. The predicted octanol–water partition coefficient (Wildman–Crippen LogP) is 11.4. The maximum Gasteiger partial charge on any atom is 0.471 e. The normalized spacial score (nSPS) is 19.5. The molecule has 384 valence electrons. The molecule has 0 saturated carbocycles. The lowest BCUT2D eigenvalue weighted by atomic mass is 9.79. The average molecular weight is 1040 g/mol. The molecule has 3 fully saturated rings. The maximum atomic E-state index is 14.0. The molecule has 0 radical (unpaired) electrons. The third-order valence-electron chi connectivity index (χ3n) is 14.3. The number of alkyl halides is 3. The van der Waals surface area contributed by atoms with E-state index in [4.69, 9.17) is 21.2 Å². The zero-order valence-corrected chi connectivity index (χ0v) is 43.4. The third-order valence-corrected chi connectivity index (χ3v) is 16.1. The number of anilines is 2. The molecule has 4 aromatic carbocycles. The van der Waals surface area contributed by atoms with Crippen LogP contribution in [0.5, 0.6) is 5.75 Å². The monoisotopic (exact) mass is 1030 g/mol. The number of carbonyl (C=O) groups is 1. The number of hydrogen-bond donors (Lipinski definition) is 2. The molecule has 16 heteroatoms. The van der Waals surface area contributed by atoms with Crippen LogP contribution >= 0.6 is 35.4 Å². The molecule has 0 spiro atoms. The number of nitrogens with one attached hydrogen (secondary N) is 2. The molecule has 2 N–H and O–H groups in total. The number of ether oxygens (including phenoxy) is 1. The standard InChI is InChI=1S/C55H70ClF3N6O4S2/c1-62(38-42-20-24-60-25-21-42)27-22-41-8-18-51(43-9-14-47(56)15-10-43)46(36-41)39-64-29-31-65(32-30-64)49-16-11-44(12-17-49)54(66)45-13-19-52(53(37-45)68-69-71-55(57,58)59)61-48(40-70-50-6-3-2-4-7-50)23-28-63-26-5-34-67-35-33-63/h2-4,6-7,9-17,19,37,41-42,48,60-61H,5,8,18,20-36,38-40H2,1H3. The lowest BCUT2D eigenvalue weighted by Gasteiger charge is -2.38. The minimum atomic E-state index is -4.68. The highest BCUT2D eigenvalue weighted by molar-refractivity contribution is 7.99. The van der Waals surface area contributed by atoms with Crippen molar-refractivity contribution in [1.29, 1.82) is 0 Å². The Kier molecular flexibility index (Phi) is 20.3. The van der Waals surface area contributed by atoms with Crippen molar-refractivity contribution in [3.63, 3.8) is 0 Å². The van der Waals surface area contributed by atoms with Crippen LogP contribution in [-0.2, 0) is 9.07 Å². The van der Waals surface area contributed by atoms with Gasteiger partial charge in [-0.25, -0.2) is 0 Å². The van der Waals surface area contributed by atoms with Crippen molar-refractivity contribution in [2.45, 2.75) is 67.8 Å². The highest BCUT2D eigenvalue weighted by atomic mass is 35.5. The Hall–Kier alpha value is -3.77. The van der Waals surface area contributed by atoms with E-state index in [2.05, 4.69) is 65.9 Å². The lowest BCUT2D eigenvalue weighted by Crippen LogP contribution is -2.47. The molecule has 0 bridgehead atoms. The Morgan fingerprint density at radius 3 is 2.41 bits per heavy atom. The summed E-state index contributed by atoms with van der Waals surface area (Å²) in [5.41, 5.74) is 1.87. The quantitative estimate of drug-likeness (QED) is 0.0259. The number of rotatable bonds is 22. The van der Waals surface area contributed by atoms with Gasteiger partial charge in [-0.1, -0.05) is 47.5 Å². The minimum absolute atomic E-state index is 0.00429. The maximum absolute atomic E-state index is 14.0. The Bertz CT molecular complexity index is 2290. The number of allylic oxidation sites excluding steroid dienone is 1. The van der Waals surface area contributed by atoms with Gasteiger partial charge in [0.1, 0.15) is 0 Å². The van der Waals surface area contributed by atoms with Gasteiger partial charge in [-0.15, -0.1) is 16.1 Å². The van der Waals surface area contributed by atoms with Crippen molar-refractivity contribution >= 4 is 58.1 Å². The minimum Gasteiger partial charge on any atom is -0.380 e. The van der Waals surface area contributed by atoms with Gasteiger partial charge in [-0.05, 0) is 168 Å². The molecule has 3 aliphatic heterocycles. The summed E-state index contributed by atoms with van der Waals surface area (Å²) in [4.78, 5) is 30.4. The van der Waals surface area contributed by atoms with Crippen LogP contribution in [0.25, 0.3) is 5.57 Å². The molecule has 4 aromatic rings. The van der Waals surface area contributed by atoms with Crippen LogP contribution in [0.4, 0.5) is 24.5 Å². The molecule has 0 amide bonds. The van der Waals surface area contributed by atoms with Gasteiger partial charge < -0.3 is 35.0 Å². The number of ketones is 1. The predicted molar refractivity (Wildman–Crippen MR) is 285 cm³/mol. The number of piperazine rings is 1. The van der Waals surface area contributed by atoms with E-state index >= 15 is 0 Å². The molecular formula is C55H70ClF3N6O4S2. The summed E-state index contributed by atoms with van der Waals surface area (Å²) in [5, 5.41) is 7.78. The first kappa shape index (κ1) is 53.5. The number of benzene rings is 4. The van der Waals surface area contributed by atoms with Crippen LogP contribution in [0, 0.1) is 11.8 Å². The highest BCUT2D eigenvalue weighted by Gasteiger charge is 2.32. The van der Waals surface area contributed by atoms with Gasteiger partial charge in [-0.3, -0.25) is 9.69 Å². The Morgan fingerprint density at radius 2 is 1.65 bits per heavy atom. The molecule has 3 heterocycles. The lowest BCUT2D eigenvalue weighted by molar-refractivity contribution is -0.106. The number of piperidine rings is 1. The van der Waals surface area contributed by atoms with Crippen LogP contribution in [0.15, 0.2) is 108 Å². The highest BCUT2D eigenvalue weighted by Crippen LogP contribution is 2.39. The number of thioether (sulfide) groups is 1. The van der Waals surface area contributed by atoms with E-state index in [1.807, 2.05) is 54.6 Å². The van der Waals surface area contributed by atoms with E-state index in [-0.39, 0.29) is 23.1 Å². The van der Waals surface area contributed by atoms with Gasteiger partial charge >= 0.3 is 5.51 Å². The van der Waals surface area contributed by atoms with Crippen LogP contribution in [0.1, 0.15) is 72.9 Å². The van der Waals surface area contributed by atoms with Crippen molar-refractivity contribution in [3.8, 4) is 5.75 Å². The Balaban J connectivity index is 0.893. The van der Waals surface area contributed by atoms with E-state index < -0.39 is 17.6 Å². The summed E-state index contributed by atoms with van der Waals surface area (Å²) in [6, 6.07) is 30.8. The third kappa shape index (κ3) is 16.9. The van der Waals surface area contributed by atoms with Crippen LogP contribution in [0.3, 0.4) is 0 Å². The van der Waals surface area contributed by atoms with Crippen molar-refractivity contribution in [3.05, 3.63) is 124 Å². The topological polar surface area (TPSA) is 81.8 Å². The molecule has 8 rings (SSSR count). The second-order valence-electron chi connectivity index (χ2n) is 19.5. The van der Waals surface area contributed by atoms with E-state index in [0.29, 0.717) is 29.5 Å². The van der Waals surface area contributed by atoms with Crippen LogP contribution < -0.4 is 20.4 Å². The first-order chi connectivity index (χ1) is 34.5. The number of halogens is 4. The largest absolute Gasteiger partial charge is 0.471 e. The van der Waals surface area contributed by atoms with Gasteiger partial charge in [0.25, 0.3) is 0 Å². The summed E-state index contributed by atoms with van der Waals surface area (Å²) < 4.78 is 49.9. The molecule has 4 aliphatic rings. The summed E-state index contributed by atoms with van der Waals surface area (Å²) in [7, 11) is 2.30. The van der Waals surface area contributed by atoms with Gasteiger partial charge in [0.2, 0.25) is 0 Å². The zero-order chi connectivity index (χ0) is 49.4. The van der Waals surface area contributed by atoms with Crippen molar-refractivity contribution < 1.29 is 31.9 Å². The zero-order valence-electron chi connectivity index (χ0n) is 41.0. The van der Waals surface area contributed by atoms with Gasteiger partial charge in [0.05, 0.1) is 12.3 Å². The molecular weight excluding hydrogens is 965 g/mol. The summed E-state index contributed by atoms with van der Waals surface area (Å²) in [6.45, 7) is 13.2. The molecule has 1 aliphatic carbocycles. The van der Waals surface area contributed by atoms with Crippen molar-refractivity contribution in [2.24, 2.45) is 11.8 Å². The molecule has 0 aromatic heterocycles. The number of nitrogens with zero attached hydrogens (tertiary/aromatic N) is 4. The van der Waals surface area contributed by atoms with Crippen molar-refractivity contribution in [2.75, 3.05) is 115 Å². The smallest absolute Gasteiger partial charge is 0.380 e. The molecule has 10 nitrogen and oxygen atoms in total. The molecule has 2 atom stereocenters. The summed E-state index contributed by atoms with van der Waals surface area (Å²) in [6.07, 6.45) is 8.94. The average Bonchev–Trinajstić information content (AvgIpc) is 3.67. The van der Waals surface area contributed by atoms with Gasteiger partial charge in [0.15, 0.2) is 23.6 Å². The summed E-state index contributed by atoms with van der Waals surface area (Å²) in [5.74, 6) is 1.89. The van der Waals surface area contributed by atoms with Crippen molar-refractivity contribution in [1.82, 2.24) is 20.0 Å². The van der Waals surface area contributed by atoms with E-state index in [1.54, 1.807) is 29.5 Å². The Labute approximate surface area is 432 Å². The second-order valence-corrected chi connectivity index (χ2v) is 21.8. The Morgan fingerprint density at radius 1 is 0.887 bits per heavy atom. The fourth-order valence-electron chi connectivity index (χ4n) is 10.4. The van der Waals surface area contributed by atoms with Gasteiger partial charge in [0, 0.05) is 104 Å². The fraction of sp³-hybridized carbons (Fsp3) is 0.509. The second kappa shape index (κ2) is 27.0. The first-order valence-electron chi connectivity index (χ1n) is 25.5. The summed E-state index contributed by atoms with van der Waals surface area (Å²) >= 11 is 7.28. The van der Waals surface area contributed by atoms with Crippen LogP contribution in [-0.4, -0.2) is 137 Å². The van der Waals surface area contributed by atoms with E-state index in [0.717, 1.165) is 126 Å². The first-order valence-corrected chi connectivity index (χ1v) is 27.6. The molecule has 71 heavy (non-hydrogen) atoms. The van der Waals surface area contributed by atoms with Gasteiger partial charge in [-0.2, -0.15) is 13.2 Å². The number of carbonyl (C=O) groups excluding carboxylic acids is 1. The SMILES string of the molecule is CN(CCC1CCC(c2ccc(Cl)cc2)=C(CN2CCN(c3ccc(C(=O)c4ccc(NC(CCN5CCCOCC5)CSc5ccccc5)c(OOSC(F)(F)F)c4)cc3)CC2)C1)CC1CCNCC1. The fourth-order valence-corrected chi connectivity index (χ4v) is 11.7. The van der Waals surface area contributed by atoms with E-state index in [9.17, 15) is 18.0 Å². The van der Waals surface area contributed by atoms with E-state index in [1.165, 1.54) is 49.4 Å².